The fraction of sp³-hybridized carbons (Fsp3) is 0.947. The summed E-state index contributed by atoms with van der Waals surface area (Å²) in [5, 5.41) is 10.6. The van der Waals surface area contributed by atoms with E-state index in [1.54, 1.807) is 0 Å². The highest BCUT2D eigenvalue weighted by Crippen LogP contribution is 2.45. The second-order valence-electron chi connectivity index (χ2n) is 28.1. The molecule has 0 aliphatic rings. The lowest BCUT2D eigenvalue weighted by Crippen LogP contribution is -2.30. The van der Waals surface area contributed by atoms with Crippen molar-refractivity contribution in [3.63, 3.8) is 0 Å². The molecule has 0 rings (SSSR count). The van der Waals surface area contributed by atoms with Crippen molar-refractivity contribution in [3.8, 4) is 0 Å². The SMILES string of the molecule is CCCCCCCCCCCCCCCCCCCC(=O)OC[C@H](COP(=O)(O)OC[C@@H](O)COP(=O)(O)OC[C@@H](COC(=O)CCCCCCC)OC(=O)CCCCCCCCCCC(C)C)OC(=O)CCCCCCCCCCCCCCCCCCCCC(C)CC. The van der Waals surface area contributed by atoms with Crippen LogP contribution in [0.2, 0.25) is 0 Å². The van der Waals surface area contributed by atoms with E-state index >= 15 is 0 Å². The molecule has 0 radical (unpaired) electrons. The number of ether oxygens (including phenoxy) is 4. The van der Waals surface area contributed by atoms with Gasteiger partial charge in [0.25, 0.3) is 0 Å². The van der Waals surface area contributed by atoms with Crippen molar-refractivity contribution >= 4 is 39.5 Å². The van der Waals surface area contributed by atoms with Crippen molar-refractivity contribution in [3.05, 3.63) is 0 Å². The van der Waals surface area contributed by atoms with Gasteiger partial charge in [0.15, 0.2) is 12.2 Å². The molecule has 3 unspecified atom stereocenters. The van der Waals surface area contributed by atoms with Crippen LogP contribution in [0.15, 0.2) is 0 Å². The molecular formula is C76H148O17P2. The molecule has 0 aromatic heterocycles. The molecule has 0 saturated carbocycles. The third-order valence-corrected chi connectivity index (χ3v) is 20.0. The third-order valence-electron chi connectivity index (χ3n) is 18.1. The highest BCUT2D eigenvalue weighted by Gasteiger charge is 2.30. The second-order valence-corrected chi connectivity index (χ2v) is 31.0. The summed E-state index contributed by atoms with van der Waals surface area (Å²) in [6.07, 6.45) is 56.1. The number of hydrogen-bond donors (Lipinski definition) is 3. The van der Waals surface area contributed by atoms with Crippen molar-refractivity contribution in [2.24, 2.45) is 11.8 Å². The van der Waals surface area contributed by atoms with Crippen LogP contribution in [0.1, 0.15) is 395 Å². The van der Waals surface area contributed by atoms with Crippen LogP contribution in [0.25, 0.3) is 0 Å². The van der Waals surface area contributed by atoms with Crippen LogP contribution < -0.4 is 0 Å². The van der Waals surface area contributed by atoms with Gasteiger partial charge < -0.3 is 33.8 Å². The van der Waals surface area contributed by atoms with Gasteiger partial charge in [-0.3, -0.25) is 37.3 Å². The van der Waals surface area contributed by atoms with Crippen molar-refractivity contribution in [2.45, 2.75) is 413 Å². The molecule has 95 heavy (non-hydrogen) atoms. The Balaban J connectivity index is 5.11. The van der Waals surface area contributed by atoms with E-state index in [4.69, 9.17) is 37.0 Å². The minimum Gasteiger partial charge on any atom is -0.462 e. The predicted octanol–water partition coefficient (Wildman–Crippen LogP) is 22.3. The molecule has 19 heteroatoms. The number of rotatable bonds is 75. The molecule has 6 atom stereocenters. The Bertz CT molecular complexity index is 1840. The van der Waals surface area contributed by atoms with E-state index in [2.05, 4.69) is 41.5 Å². The van der Waals surface area contributed by atoms with Gasteiger partial charge in [-0.05, 0) is 37.5 Å². The Kier molecular flexibility index (Phi) is 66.5. The number of aliphatic hydroxyl groups excluding tert-OH is 1. The molecule has 0 bridgehead atoms. The van der Waals surface area contributed by atoms with Gasteiger partial charge in [-0.1, -0.05) is 343 Å². The van der Waals surface area contributed by atoms with Crippen LogP contribution in [-0.4, -0.2) is 96.7 Å². The van der Waals surface area contributed by atoms with E-state index < -0.39 is 97.5 Å². The van der Waals surface area contributed by atoms with Gasteiger partial charge in [0.2, 0.25) is 0 Å². The fourth-order valence-corrected chi connectivity index (χ4v) is 13.2. The monoisotopic (exact) mass is 1400 g/mol. The summed E-state index contributed by atoms with van der Waals surface area (Å²) < 4.78 is 68.2. The first-order valence-corrected chi connectivity index (χ1v) is 42.5. The van der Waals surface area contributed by atoms with E-state index in [1.165, 1.54) is 205 Å². The number of hydrogen-bond acceptors (Lipinski definition) is 15. The summed E-state index contributed by atoms with van der Waals surface area (Å²) in [7, 11) is -9.90. The molecule has 0 fully saturated rings. The van der Waals surface area contributed by atoms with Crippen molar-refractivity contribution < 1.29 is 80.2 Å². The first kappa shape index (κ1) is 93.1. The highest BCUT2D eigenvalue weighted by molar-refractivity contribution is 7.47. The van der Waals surface area contributed by atoms with Crippen LogP contribution in [-0.2, 0) is 65.4 Å². The Labute approximate surface area is 581 Å². The Morgan fingerprint density at radius 2 is 0.537 bits per heavy atom. The maximum atomic E-state index is 13.1. The van der Waals surface area contributed by atoms with E-state index in [0.29, 0.717) is 25.7 Å². The summed E-state index contributed by atoms with van der Waals surface area (Å²) in [6.45, 7) is 9.53. The van der Waals surface area contributed by atoms with Crippen LogP contribution in [0.3, 0.4) is 0 Å². The smallest absolute Gasteiger partial charge is 0.462 e. The van der Waals surface area contributed by atoms with E-state index in [9.17, 15) is 43.2 Å². The second kappa shape index (κ2) is 67.9. The lowest BCUT2D eigenvalue weighted by Gasteiger charge is -2.21. The van der Waals surface area contributed by atoms with Crippen LogP contribution in [0, 0.1) is 11.8 Å². The van der Waals surface area contributed by atoms with Gasteiger partial charge in [-0.25, -0.2) is 9.13 Å². The molecule has 0 heterocycles. The first-order chi connectivity index (χ1) is 45.9. The van der Waals surface area contributed by atoms with Gasteiger partial charge in [0, 0.05) is 25.7 Å². The van der Waals surface area contributed by atoms with Crippen molar-refractivity contribution in [1.82, 2.24) is 0 Å². The van der Waals surface area contributed by atoms with E-state index in [-0.39, 0.29) is 25.7 Å². The lowest BCUT2D eigenvalue weighted by atomic mass is 9.99. The van der Waals surface area contributed by atoms with Gasteiger partial charge in [-0.2, -0.15) is 0 Å². The number of aliphatic hydroxyl groups is 1. The van der Waals surface area contributed by atoms with Crippen molar-refractivity contribution in [2.75, 3.05) is 39.6 Å². The maximum absolute atomic E-state index is 13.1. The number of phosphoric ester groups is 2. The minimum atomic E-state index is -4.96. The zero-order chi connectivity index (χ0) is 70.0. The molecule has 0 amide bonds. The van der Waals surface area contributed by atoms with Gasteiger partial charge in [0.1, 0.15) is 19.3 Å². The zero-order valence-corrected chi connectivity index (χ0v) is 63.8. The minimum absolute atomic E-state index is 0.104. The topological polar surface area (TPSA) is 237 Å². The number of unbranched alkanes of at least 4 members (excludes halogenated alkanes) is 44. The Hall–Kier alpha value is -1.94. The number of phosphoric acid groups is 2. The normalized spacial score (nSPS) is 14.3. The van der Waals surface area contributed by atoms with E-state index in [0.717, 1.165) is 108 Å². The predicted molar refractivity (Wildman–Crippen MR) is 386 cm³/mol. The number of esters is 4. The maximum Gasteiger partial charge on any atom is 0.472 e. The van der Waals surface area contributed by atoms with Gasteiger partial charge >= 0.3 is 39.5 Å². The third kappa shape index (κ3) is 69.0. The van der Waals surface area contributed by atoms with Crippen molar-refractivity contribution in [1.29, 1.82) is 0 Å². The summed E-state index contributed by atoms with van der Waals surface area (Å²) >= 11 is 0. The van der Waals surface area contributed by atoms with Crippen LogP contribution in [0.4, 0.5) is 0 Å². The Morgan fingerprint density at radius 1 is 0.305 bits per heavy atom. The molecule has 0 aromatic rings. The number of carbonyl (C=O) groups excluding carboxylic acids is 4. The molecule has 0 saturated heterocycles. The largest absolute Gasteiger partial charge is 0.472 e. The lowest BCUT2D eigenvalue weighted by molar-refractivity contribution is -0.161. The summed E-state index contributed by atoms with van der Waals surface area (Å²) in [4.78, 5) is 72.5. The number of carbonyl (C=O) groups is 4. The Morgan fingerprint density at radius 3 is 0.800 bits per heavy atom. The van der Waals surface area contributed by atoms with Gasteiger partial charge in [-0.15, -0.1) is 0 Å². The molecule has 3 N–H and O–H groups in total. The van der Waals surface area contributed by atoms with Crippen LogP contribution >= 0.6 is 15.6 Å². The summed E-state index contributed by atoms with van der Waals surface area (Å²) in [5.74, 6) is -0.540. The zero-order valence-electron chi connectivity index (χ0n) is 62.0. The molecule has 0 spiro atoms. The average molecular weight is 1400 g/mol. The molecule has 17 nitrogen and oxygen atoms in total. The van der Waals surface area contributed by atoms with Gasteiger partial charge in [0.05, 0.1) is 26.4 Å². The fourth-order valence-electron chi connectivity index (χ4n) is 11.6. The highest BCUT2D eigenvalue weighted by atomic mass is 31.2. The van der Waals surface area contributed by atoms with E-state index in [1.807, 2.05) is 0 Å². The quantitative estimate of drug-likeness (QED) is 0.0222. The molecule has 564 valence electrons. The first-order valence-electron chi connectivity index (χ1n) is 39.5. The molecule has 0 aliphatic carbocycles. The van der Waals surface area contributed by atoms with Crippen LogP contribution in [0.5, 0.6) is 0 Å². The molecule has 0 aromatic carbocycles. The molecular weight excluding hydrogens is 1250 g/mol. The standard InChI is InChI=1S/C76H148O17P2/c1-7-10-12-14-15-16-17-18-19-22-26-29-32-35-41-47-53-59-74(79)87-65-72(93-75(80)60-54-48-42-36-33-30-27-24-21-20-23-25-28-31-34-40-46-51-57-69(6)9-3)67-91-95(84,85)89-63-70(77)62-88-94(82,83)90-66-71(64-86-73(78)58-52-44-13-11-8-2)92-76(81)61-55-49-43-38-37-39-45-50-56-68(4)5/h68-72,77H,7-67H2,1-6H3,(H,82,83)(H,84,85)/t69?,70-,71+,72+/m0/s1. The summed E-state index contributed by atoms with van der Waals surface area (Å²) in [5.41, 5.74) is 0. The summed E-state index contributed by atoms with van der Waals surface area (Å²) in [6, 6.07) is 0. The molecule has 0 aliphatic heterocycles. The average Bonchev–Trinajstić information content (AvgIpc) is 1.96.